The molecule has 1 aromatic rings. The van der Waals surface area contributed by atoms with Crippen LogP contribution < -0.4 is 0 Å². The maximum absolute atomic E-state index is 12.5. The summed E-state index contributed by atoms with van der Waals surface area (Å²) in [6, 6.07) is 4.49. The van der Waals surface area contributed by atoms with Crippen molar-refractivity contribution in [2.24, 2.45) is 0 Å². The molecular weight excluding hydrogens is 291 g/mol. The second-order valence-electron chi connectivity index (χ2n) is 3.93. The molecule has 0 radical (unpaired) electrons. The summed E-state index contributed by atoms with van der Waals surface area (Å²) >= 11 is -0.354. The van der Waals surface area contributed by atoms with Crippen LogP contribution in [0.15, 0.2) is 17.0 Å². The molecule has 3 nitrogen and oxygen atoms in total. The summed E-state index contributed by atoms with van der Waals surface area (Å²) in [5.74, 6) is -0.514. The molecule has 0 amide bonds. The van der Waals surface area contributed by atoms with Gasteiger partial charge in [0.1, 0.15) is 6.07 Å². The van der Waals surface area contributed by atoms with Crippen LogP contribution in [-0.2, 0) is 16.0 Å². The molecule has 0 unspecified atom stereocenters. The highest BCUT2D eigenvalue weighted by Crippen LogP contribution is 2.39. The fourth-order valence-corrected chi connectivity index (χ4v) is 2.42. The lowest BCUT2D eigenvalue weighted by atomic mass is 10.0. The third-order valence-corrected chi connectivity index (χ3v) is 3.12. The number of carbonyl (C=O) groups excluding carboxylic acids is 1. The summed E-state index contributed by atoms with van der Waals surface area (Å²) in [7, 11) is 0. The van der Waals surface area contributed by atoms with Gasteiger partial charge in [0.25, 0.3) is 0 Å². The zero-order chi connectivity index (χ0) is 15.3. The standard InChI is InChI=1S/C13H12F3NO2S/c1-3-19-12(18)6-9-4-8(2)10(7-17)11(5-9)20-13(14,15)16/h4-5H,3,6H2,1-2H3. The molecule has 0 saturated heterocycles. The molecular formula is C13H12F3NO2S. The van der Waals surface area contributed by atoms with Gasteiger partial charge in [0.15, 0.2) is 0 Å². The summed E-state index contributed by atoms with van der Waals surface area (Å²) in [6.07, 6.45) is -0.119. The maximum Gasteiger partial charge on any atom is 0.446 e. The van der Waals surface area contributed by atoms with Crippen molar-refractivity contribution < 1.29 is 22.7 Å². The quantitative estimate of drug-likeness (QED) is 0.630. The lowest BCUT2D eigenvalue weighted by Gasteiger charge is -2.11. The molecule has 0 aliphatic heterocycles. The lowest BCUT2D eigenvalue weighted by Crippen LogP contribution is -2.08. The lowest BCUT2D eigenvalue weighted by molar-refractivity contribution is -0.142. The molecule has 0 aliphatic rings. The van der Waals surface area contributed by atoms with Gasteiger partial charge in [0, 0.05) is 4.90 Å². The molecule has 1 rings (SSSR count). The van der Waals surface area contributed by atoms with Crippen molar-refractivity contribution in [3.8, 4) is 6.07 Å². The third-order valence-electron chi connectivity index (χ3n) is 2.35. The largest absolute Gasteiger partial charge is 0.466 e. The van der Waals surface area contributed by atoms with Crippen molar-refractivity contribution in [1.29, 1.82) is 5.26 Å². The van der Waals surface area contributed by atoms with Crippen molar-refractivity contribution in [2.45, 2.75) is 30.7 Å². The first-order chi connectivity index (χ1) is 9.26. The molecule has 0 fully saturated rings. The van der Waals surface area contributed by atoms with Crippen LogP contribution in [0, 0.1) is 18.3 Å². The highest BCUT2D eigenvalue weighted by molar-refractivity contribution is 8.00. The maximum atomic E-state index is 12.5. The molecule has 1 aromatic carbocycles. The number of thioether (sulfide) groups is 1. The van der Waals surface area contributed by atoms with Crippen molar-refractivity contribution in [3.63, 3.8) is 0 Å². The van der Waals surface area contributed by atoms with Crippen LogP contribution in [-0.4, -0.2) is 18.1 Å². The highest BCUT2D eigenvalue weighted by atomic mass is 32.2. The predicted octanol–water partition coefficient (Wildman–Crippen LogP) is 3.58. The van der Waals surface area contributed by atoms with Crippen molar-refractivity contribution >= 4 is 17.7 Å². The van der Waals surface area contributed by atoms with E-state index in [1.807, 2.05) is 0 Å². The minimum absolute atomic E-state index is 0.0278. The molecule has 0 spiro atoms. The first-order valence-electron chi connectivity index (χ1n) is 5.71. The Morgan fingerprint density at radius 1 is 1.45 bits per heavy atom. The summed E-state index contributed by atoms with van der Waals surface area (Å²) in [5, 5.41) is 8.93. The number of alkyl halides is 3. The van der Waals surface area contributed by atoms with Gasteiger partial charge in [0.2, 0.25) is 0 Å². The van der Waals surface area contributed by atoms with Crippen molar-refractivity contribution in [1.82, 2.24) is 0 Å². The van der Waals surface area contributed by atoms with Crippen LogP contribution in [0.3, 0.4) is 0 Å². The van der Waals surface area contributed by atoms with Gasteiger partial charge in [-0.25, -0.2) is 0 Å². The summed E-state index contributed by atoms with van der Waals surface area (Å²) in [4.78, 5) is 11.2. The number of carbonyl (C=O) groups is 1. The van der Waals surface area contributed by atoms with Crippen molar-refractivity contribution in [2.75, 3.05) is 6.61 Å². The molecule has 0 saturated carbocycles. The fourth-order valence-electron chi connectivity index (χ4n) is 1.66. The van der Waals surface area contributed by atoms with Crippen LogP contribution in [0.2, 0.25) is 0 Å². The van der Waals surface area contributed by atoms with Gasteiger partial charge >= 0.3 is 11.5 Å². The van der Waals surface area contributed by atoms with E-state index >= 15 is 0 Å². The van der Waals surface area contributed by atoms with E-state index in [9.17, 15) is 18.0 Å². The number of hydrogen-bond donors (Lipinski definition) is 0. The molecule has 0 N–H and O–H groups in total. The van der Waals surface area contributed by atoms with Crippen molar-refractivity contribution in [3.05, 3.63) is 28.8 Å². The number of ether oxygens (including phenoxy) is 1. The Morgan fingerprint density at radius 3 is 2.60 bits per heavy atom. The zero-order valence-electron chi connectivity index (χ0n) is 10.9. The SMILES string of the molecule is CCOC(=O)Cc1cc(C)c(C#N)c(SC(F)(F)F)c1. The number of esters is 1. The fraction of sp³-hybridized carbons (Fsp3) is 0.385. The molecule has 0 aliphatic carbocycles. The van der Waals surface area contributed by atoms with Crippen LogP contribution in [0.1, 0.15) is 23.6 Å². The average molecular weight is 303 g/mol. The van der Waals surface area contributed by atoms with Gasteiger partial charge < -0.3 is 4.74 Å². The van der Waals surface area contributed by atoms with E-state index in [2.05, 4.69) is 0 Å². The number of nitrogens with zero attached hydrogens (tertiary/aromatic N) is 1. The Bertz CT molecular complexity index is 550. The van der Waals surface area contributed by atoms with E-state index in [0.29, 0.717) is 11.1 Å². The number of aryl methyl sites for hydroxylation is 1. The third kappa shape index (κ3) is 4.78. The predicted molar refractivity (Wildman–Crippen MR) is 68.1 cm³/mol. The summed E-state index contributed by atoms with van der Waals surface area (Å²) in [5.41, 5.74) is -3.71. The Hall–Kier alpha value is -1.68. The Labute approximate surface area is 118 Å². The van der Waals surface area contributed by atoms with Crippen LogP contribution in [0.4, 0.5) is 13.2 Å². The zero-order valence-corrected chi connectivity index (χ0v) is 11.7. The Morgan fingerprint density at radius 2 is 2.10 bits per heavy atom. The van der Waals surface area contributed by atoms with Gasteiger partial charge in [-0.1, -0.05) is 6.07 Å². The van der Waals surface area contributed by atoms with Gasteiger partial charge in [-0.2, -0.15) is 18.4 Å². The number of rotatable bonds is 4. The minimum Gasteiger partial charge on any atom is -0.466 e. The molecule has 0 aromatic heterocycles. The van der Waals surface area contributed by atoms with E-state index in [1.165, 1.54) is 19.1 Å². The molecule has 0 atom stereocenters. The number of hydrogen-bond acceptors (Lipinski definition) is 4. The Balaban J connectivity index is 3.12. The second kappa shape index (κ2) is 6.66. The van der Waals surface area contributed by atoms with Crippen LogP contribution in [0.25, 0.3) is 0 Å². The van der Waals surface area contributed by atoms with E-state index in [4.69, 9.17) is 10.00 Å². The van der Waals surface area contributed by atoms with Crippen LogP contribution in [0.5, 0.6) is 0 Å². The van der Waals surface area contributed by atoms with Gasteiger partial charge in [-0.3, -0.25) is 4.79 Å². The summed E-state index contributed by atoms with van der Waals surface area (Å²) in [6.45, 7) is 3.39. The molecule has 0 bridgehead atoms. The monoisotopic (exact) mass is 303 g/mol. The smallest absolute Gasteiger partial charge is 0.446 e. The number of halogens is 3. The normalized spacial score (nSPS) is 11.0. The minimum atomic E-state index is -4.49. The first-order valence-corrected chi connectivity index (χ1v) is 6.53. The van der Waals surface area contributed by atoms with E-state index in [0.717, 1.165) is 0 Å². The van der Waals surface area contributed by atoms with Gasteiger partial charge in [0.05, 0.1) is 18.6 Å². The highest BCUT2D eigenvalue weighted by Gasteiger charge is 2.31. The van der Waals surface area contributed by atoms with E-state index in [-0.39, 0.29) is 35.2 Å². The molecule has 0 heterocycles. The average Bonchev–Trinajstić information content (AvgIpc) is 2.26. The molecule has 20 heavy (non-hydrogen) atoms. The number of nitriles is 1. The molecule has 7 heteroatoms. The van der Waals surface area contributed by atoms with Crippen LogP contribution >= 0.6 is 11.8 Å². The Kier molecular flexibility index (Phi) is 5.45. The van der Waals surface area contributed by atoms with Gasteiger partial charge in [-0.15, -0.1) is 0 Å². The molecule has 108 valence electrons. The van der Waals surface area contributed by atoms with Gasteiger partial charge in [-0.05, 0) is 42.8 Å². The topological polar surface area (TPSA) is 50.1 Å². The summed E-state index contributed by atoms with van der Waals surface area (Å²) < 4.78 is 42.1. The second-order valence-corrected chi connectivity index (χ2v) is 5.03. The number of benzene rings is 1. The van der Waals surface area contributed by atoms with E-state index < -0.39 is 11.5 Å². The van der Waals surface area contributed by atoms with E-state index in [1.54, 1.807) is 13.0 Å². The first kappa shape index (κ1) is 16.4.